The average Bonchev–Trinajstić information content (AvgIpc) is 3.49. The summed E-state index contributed by atoms with van der Waals surface area (Å²) in [7, 11) is 0. The Labute approximate surface area is 345 Å². The second-order valence-corrected chi connectivity index (χ2v) is 16.3. The van der Waals surface area contributed by atoms with Gasteiger partial charge < -0.3 is 46.5 Å². The molecule has 0 saturated heterocycles. The summed E-state index contributed by atoms with van der Waals surface area (Å²) < 4.78 is 16.5. The molecule has 3 aromatic carbocycles. The topological polar surface area (TPSA) is 216 Å². The zero-order valence-corrected chi connectivity index (χ0v) is 34.9. The highest BCUT2D eigenvalue weighted by Gasteiger charge is 2.32. The Balaban J connectivity index is 1.35. The highest BCUT2D eigenvalue weighted by atomic mass is 16.6. The number of ether oxygens (including phenoxy) is 3. The van der Waals surface area contributed by atoms with Gasteiger partial charge in [0, 0.05) is 18.2 Å². The molecule has 3 aromatic rings. The van der Waals surface area contributed by atoms with Gasteiger partial charge in [-0.2, -0.15) is 0 Å². The minimum atomic E-state index is -1.06. The first kappa shape index (κ1) is 45.6. The van der Waals surface area contributed by atoms with E-state index in [1.54, 1.807) is 58.9 Å². The Morgan fingerprint density at radius 3 is 1.88 bits per heavy atom. The molecule has 0 bridgehead atoms. The summed E-state index contributed by atoms with van der Waals surface area (Å²) in [5.41, 5.74) is 9.77. The number of hydrogen-bond donors (Lipinski definition) is 6. The van der Waals surface area contributed by atoms with Crippen molar-refractivity contribution in [2.75, 3.05) is 18.5 Å². The molecule has 59 heavy (non-hydrogen) atoms. The second-order valence-electron chi connectivity index (χ2n) is 16.3. The number of hydrogen-bond acceptors (Lipinski definition) is 9. The van der Waals surface area contributed by atoms with Crippen LogP contribution >= 0.6 is 0 Å². The van der Waals surface area contributed by atoms with Gasteiger partial charge in [-0.15, -0.1) is 0 Å². The van der Waals surface area contributed by atoms with E-state index in [9.17, 15) is 28.8 Å². The van der Waals surface area contributed by atoms with Crippen LogP contribution in [0, 0.1) is 11.8 Å². The van der Waals surface area contributed by atoms with E-state index >= 15 is 0 Å². The molecule has 0 radical (unpaired) electrons. The van der Waals surface area contributed by atoms with Gasteiger partial charge in [-0.3, -0.25) is 9.59 Å². The Morgan fingerprint density at radius 1 is 0.729 bits per heavy atom. The number of benzene rings is 3. The SMILES string of the molecule is CC(C)C[C@H](NC(=O)OCc1ccc(NC(=O)[C@H](CCCNC(N)=O)NC(=O)[C@@H](NC(=O)OCC2c3ccccc3-c3ccccc32)C(C)C)cc1)C(=O)OC(C)(C)C. The maximum Gasteiger partial charge on any atom is 0.408 e. The lowest BCUT2D eigenvalue weighted by molar-refractivity contribution is -0.157. The van der Waals surface area contributed by atoms with Crippen LogP contribution in [-0.4, -0.2) is 72.9 Å². The van der Waals surface area contributed by atoms with E-state index in [1.807, 2.05) is 62.4 Å². The monoisotopic (exact) mass is 814 g/mol. The smallest absolute Gasteiger partial charge is 0.408 e. The van der Waals surface area contributed by atoms with E-state index in [-0.39, 0.29) is 43.9 Å². The molecule has 1 aliphatic carbocycles. The van der Waals surface area contributed by atoms with E-state index in [0.29, 0.717) is 24.1 Å². The van der Waals surface area contributed by atoms with Crippen LogP contribution in [0.2, 0.25) is 0 Å². The molecule has 6 amide bonds. The van der Waals surface area contributed by atoms with Crippen LogP contribution in [0.3, 0.4) is 0 Å². The van der Waals surface area contributed by atoms with E-state index in [2.05, 4.69) is 26.6 Å². The van der Waals surface area contributed by atoms with Gasteiger partial charge in [0.15, 0.2) is 0 Å². The van der Waals surface area contributed by atoms with Crippen molar-refractivity contribution in [2.45, 2.75) is 104 Å². The van der Waals surface area contributed by atoms with Gasteiger partial charge >= 0.3 is 24.2 Å². The lowest BCUT2D eigenvalue weighted by Gasteiger charge is -2.25. The first-order valence-electron chi connectivity index (χ1n) is 19.9. The molecule has 1 aliphatic rings. The van der Waals surface area contributed by atoms with Gasteiger partial charge in [0.25, 0.3) is 0 Å². The molecule has 0 aliphatic heterocycles. The van der Waals surface area contributed by atoms with Crippen LogP contribution in [0.15, 0.2) is 72.8 Å². The van der Waals surface area contributed by atoms with Crippen LogP contribution in [0.25, 0.3) is 11.1 Å². The van der Waals surface area contributed by atoms with Crippen molar-refractivity contribution in [1.29, 1.82) is 0 Å². The number of nitrogens with two attached hydrogens (primary N) is 1. The number of carbonyl (C=O) groups is 6. The molecule has 0 fully saturated rings. The summed E-state index contributed by atoms with van der Waals surface area (Å²) >= 11 is 0. The van der Waals surface area contributed by atoms with E-state index in [4.69, 9.17) is 19.9 Å². The predicted molar refractivity (Wildman–Crippen MR) is 223 cm³/mol. The van der Waals surface area contributed by atoms with Crippen LogP contribution in [-0.2, 0) is 35.2 Å². The number of alkyl carbamates (subject to hydrolysis) is 2. The molecule has 15 heteroatoms. The fraction of sp³-hybridized carbons (Fsp3) is 0.455. The first-order chi connectivity index (χ1) is 27.9. The van der Waals surface area contributed by atoms with Gasteiger partial charge in [0.2, 0.25) is 11.8 Å². The lowest BCUT2D eigenvalue weighted by atomic mass is 9.98. The molecule has 4 rings (SSSR count). The fourth-order valence-electron chi connectivity index (χ4n) is 6.65. The normalized spacial score (nSPS) is 13.6. The van der Waals surface area contributed by atoms with Crippen molar-refractivity contribution in [1.82, 2.24) is 21.3 Å². The zero-order valence-electron chi connectivity index (χ0n) is 34.9. The highest BCUT2D eigenvalue weighted by Crippen LogP contribution is 2.44. The number of primary amides is 1. The molecule has 7 N–H and O–H groups in total. The van der Waals surface area contributed by atoms with Gasteiger partial charge in [0.1, 0.15) is 36.9 Å². The van der Waals surface area contributed by atoms with E-state index < -0.39 is 59.7 Å². The van der Waals surface area contributed by atoms with E-state index in [0.717, 1.165) is 22.3 Å². The predicted octanol–water partition coefficient (Wildman–Crippen LogP) is 6.10. The average molecular weight is 815 g/mol. The molecule has 318 valence electrons. The zero-order chi connectivity index (χ0) is 43.3. The quantitative estimate of drug-likeness (QED) is 0.0496. The third-order valence-corrected chi connectivity index (χ3v) is 9.45. The van der Waals surface area contributed by atoms with Crippen molar-refractivity contribution in [3.05, 3.63) is 89.5 Å². The van der Waals surface area contributed by atoms with Gasteiger partial charge in [-0.25, -0.2) is 19.2 Å². The molecule has 15 nitrogen and oxygen atoms in total. The minimum absolute atomic E-state index is 0.0646. The molecular weight excluding hydrogens is 757 g/mol. The number of fused-ring (bicyclic) bond motifs is 3. The number of anilines is 1. The van der Waals surface area contributed by atoms with Crippen molar-refractivity contribution >= 4 is 41.7 Å². The van der Waals surface area contributed by atoms with Gasteiger partial charge in [-0.05, 0) is 91.8 Å². The molecule has 0 aromatic heterocycles. The van der Waals surface area contributed by atoms with Crippen LogP contribution in [0.1, 0.15) is 90.3 Å². The number of carbonyl (C=O) groups excluding carboxylic acids is 6. The van der Waals surface area contributed by atoms with Crippen LogP contribution in [0.4, 0.5) is 20.1 Å². The Morgan fingerprint density at radius 2 is 1.32 bits per heavy atom. The third-order valence-electron chi connectivity index (χ3n) is 9.45. The molecule has 3 atom stereocenters. The molecule has 0 heterocycles. The Hall–Kier alpha value is -6.12. The molecule has 0 unspecified atom stereocenters. The standard InChI is InChI=1S/C44H58N6O9/c1-26(2)23-36(40(53)59-44(5,6)7)49-42(55)57-24-28-18-20-29(21-19-28)47-38(51)35(17-12-22-46-41(45)54)48-39(52)37(27(3)4)50-43(56)58-25-34-32-15-10-8-13-30(32)31-14-9-11-16-33(31)34/h8-11,13-16,18-21,26-27,34-37H,12,17,22-25H2,1-7H3,(H,47,51)(H,48,52)(H,49,55)(H,50,56)(H3,45,46,54)/t35-,36-,37-/m0/s1. The van der Waals surface area contributed by atoms with Crippen molar-refractivity contribution < 1.29 is 43.0 Å². The van der Waals surface area contributed by atoms with Crippen LogP contribution < -0.4 is 32.3 Å². The number of rotatable bonds is 18. The number of amides is 6. The maximum atomic E-state index is 13.7. The lowest BCUT2D eigenvalue weighted by Crippen LogP contribution is -2.54. The number of nitrogens with one attached hydrogen (secondary N) is 5. The Bertz CT molecular complexity index is 1900. The van der Waals surface area contributed by atoms with Crippen molar-refractivity contribution in [3.8, 4) is 11.1 Å². The largest absolute Gasteiger partial charge is 0.458 e. The first-order valence-corrected chi connectivity index (χ1v) is 19.9. The summed E-state index contributed by atoms with van der Waals surface area (Å²) in [5, 5.41) is 13.3. The molecule has 0 spiro atoms. The summed E-state index contributed by atoms with van der Waals surface area (Å²) in [4.78, 5) is 77.0. The van der Waals surface area contributed by atoms with E-state index in [1.165, 1.54) is 0 Å². The maximum absolute atomic E-state index is 13.7. The van der Waals surface area contributed by atoms with Gasteiger partial charge in [0.05, 0.1) is 0 Å². The van der Waals surface area contributed by atoms with Crippen LogP contribution in [0.5, 0.6) is 0 Å². The third kappa shape index (κ3) is 14.0. The highest BCUT2D eigenvalue weighted by molar-refractivity contribution is 5.98. The number of urea groups is 1. The molecular formula is C44H58N6O9. The summed E-state index contributed by atoms with van der Waals surface area (Å²) in [6, 6.07) is 18.8. The number of esters is 1. The minimum Gasteiger partial charge on any atom is -0.458 e. The summed E-state index contributed by atoms with van der Waals surface area (Å²) in [5.74, 6) is -2.11. The summed E-state index contributed by atoms with van der Waals surface area (Å²) in [6.45, 7) is 12.8. The second kappa shape index (κ2) is 21.0. The van der Waals surface area contributed by atoms with Gasteiger partial charge in [-0.1, -0.05) is 88.4 Å². The fourth-order valence-corrected chi connectivity index (χ4v) is 6.65. The Kier molecular flexibility index (Phi) is 16.3. The van der Waals surface area contributed by atoms with Crippen molar-refractivity contribution in [2.24, 2.45) is 17.6 Å². The summed E-state index contributed by atoms with van der Waals surface area (Å²) in [6.07, 6.45) is -0.745. The molecule has 0 saturated carbocycles. The van der Waals surface area contributed by atoms with Crippen molar-refractivity contribution in [3.63, 3.8) is 0 Å².